The van der Waals surface area contributed by atoms with Crippen molar-refractivity contribution in [3.8, 4) is 0 Å². The van der Waals surface area contributed by atoms with E-state index >= 15 is 0 Å². The minimum Gasteiger partial charge on any atom is -0.352 e. The molecule has 1 heterocycles. The quantitative estimate of drug-likeness (QED) is 0.431. The highest BCUT2D eigenvalue weighted by Crippen LogP contribution is 2.37. The second-order valence-electron chi connectivity index (χ2n) is 7.16. The van der Waals surface area contributed by atoms with E-state index in [0.717, 1.165) is 30.0 Å². The molecule has 0 aliphatic heterocycles. The molecule has 2 aliphatic rings. The van der Waals surface area contributed by atoms with Crippen LogP contribution in [-0.4, -0.2) is 39.3 Å². The predicted molar refractivity (Wildman–Crippen MR) is 106 cm³/mol. The van der Waals surface area contributed by atoms with Crippen molar-refractivity contribution in [1.82, 2.24) is 15.5 Å². The Morgan fingerprint density at radius 1 is 1.19 bits per heavy atom. The van der Waals surface area contributed by atoms with Gasteiger partial charge in [-0.3, -0.25) is 14.5 Å². The van der Waals surface area contributed by atoms with E-state index in [1.165, 1.54) is 48.8 Å². The van der Waals surface area contributed by atoms with Gasteiger partial charge in [-0.1, -0.05) is 55.7 Å². The van der Waals surface area contributed by atoms with Crippen LogP contribution in [0.25, 0.3) is 0 Å². The minimum atomic E-state index is -0.213. The lowest BCUT2D eigenvalue weighted by molar-refractivity contribution is -0.121. The second kappa shape index (κ2) is 9.17. The molecule has 2 aliphatic carbocycles. The third-order valence-corrected chi connectivity index (χ3v) is 7.04. The summed E-state index contributed by atoms with van der Waals surface area (Å²) in [4.78, 5) is 26.5. The molecular weight excluding hydrogens is 368 g/mol. The third kappa shape index (κ3) is 5.19. The van der Waals surface area contributed by atoms with Crippen molar-refractivity contribution >= 4 is 40.0 Å². The van der Waals surface area contributed by atoms with E-state index in [-0.39, 0.29) is 23.1 Å². The molecule has 6 nitrogen and oxygen atoms in total. The van der Waals surface area contributed by atoms with E-state index in [1.807, 2.05) is 13.8 Å². The molecule has 0 spiro atoms. The summed E-state index contributed by atoms with van der Waals surface area (Å²) in [6.45, 7) is 3.78. The molecule has 0 bridgehead atoms. The predicted octanol–water partition coefficient (Wildman–Crippen LogP) is 3.76. The lowest BCUT2D eigenvalue weighted by Gasteiger charge is -2.18. The molecule has 1 aromatic rings. The van der Waals surface area contributed by atoms with Crippen molar-refractivity contribution in [3.05, 3.63) is 0 Å². The first-order chi connectivity index (χ1) is 12.6. The number of aromatic nitrogens is 2. The molecule has 1 atom stereocenters. The van der Waals surface area contributed by atoms with Crippen LogP contribution >= 0.6 is 23.1 Å². The Balaban J connectivity index is 1.55. The second-order valence-corrected chi connectivity index (χ2v) is 9.70. The maximum Gasteiger partial charge on any atom is 0.233 e. The van der Waals surface area contributed by atoms with Gasteiger partial charge >= 0.3 is 0 Å². The van der Waals surface area contributed by atoms with Crippen LogP contribution in [0.5, 0.6) is 0 Å². The highest BCUT2D eigenvalue weighted by Gasteiger charge is 2.35. The average molecular weight is 397 g/mol. The van der Waals surface area contributed by atoms with Crippen molar-refractivity contribution in [2.75, 3.05) is 4.90 Å². The minimum absolute atomic E-state index is 0.0716. The van der Waals surface area contributed by atoms with Crippen molar-refractivity contribution in [3.63, 3.8) is 0 Å². The summed E-state index contributed by atoms with van der Waals surface area (Å²) >= 11 is 2.84. The van der Waals surface area contributed by atoms with Gasteiger partial charge < -0.3 is 5.32 Å². The molecule has 3 rings (SSSR count). The zero-order valence-electron chi connectivity index (χ0n) is 15.6. The number of hydrogen-bond acceptors (Lipinski definition) is 6. The summed E-state index contributed by atoms with van der Waals surface area (Å²) in [5.41, 5.74) is 0. The first-order valence-corrected chi connectivity index (χ1v) is 11.4. The topological polar surface area (TPSA) is 75.2 Å². The van der Waals surface area contributed by atoms with E-state index in [2.05, 4.69) is 15.5 Å². The van der Waals surface area contributed by atoms with Gasteiger partial charge in [0.1, 0.15) is 0 Å². The van der Waals surface area contributed by atoms with Gasteiger partial charge in [-0.05, 0) is 32.6 Å². The zero-order chi connectivity index (χ0) is 18.5. The SMILES string of the molecule is CCC(=O)N(c1nnc(S[C@@H](C)C(=O)NC2CCCCCC2)s1)C1CC1. The summed E-state index contributed by atoms with van der Waals surface area (Å²) in [6, 6.07) is 0.592. The number of nitrogens with zero attached hydrogens (tertiary/aromatic N) is 3. The highest BCUT2D eigenvalue weighted by atomic mass is 32.2. The fourth-order valence-electron chi connectivity index (χ4n) is 3.26. The fourth-order valence-corrected chi connectivity index (χ4v) is 5.35. The molecule has 26 heavy (non-hydrogen) atoms. The molecule has 2 fully saturated rings. The van der Waals surface area contributed by atoms with Gasteiger partial charge in [-0.15, -0.1) is 10.2 Å². The highest BCUT2D eigenvalue weighted by molar-refractivity contribution is 8.02. The van der Waals surface area contributed by atoms with Crippen LogP contribution in [0.15, 0.2) is 4.34 Å². The molecule has 2 amide bonds. The first-order valence-electron chi connectivity index (χ1n) is 9.71. The van der Waals surface area contributed by atoms with Crippen LogP contribution < -0.4 is 10.2 Å². The van der Waals surface area contributed by atoms with E-state index in [1.54, 1.807) is 4.90 Å². The van der Waals surface area contributed by atoms with Gasteiger partial charge in [0.2, 0.25) is 16.9 Å². The number of anilines is 1. The Morgan fingerprint density at radius 3 is 2.50 bits per heavy atom. The van der Waals surface area contributed by atoms with Gasteiger partial charge in [0.15, 0.2) is 4.34 Å². The normalized spacial score (nSPS) is 19.6. The monoisotopic (exact) mass is 396 g/mol. The molecule has 1 aromatic heterocycles. The molecule has 1 N–H and O–H groups in total. The van der Waals surface area contributed by atoms with Crippen LogP contribution in [0.4, 0.5) is 5.13 Å². The molecule has 0 unspecified atom stereocenters. The standard InChI is InChI=1S/C18H28N4O2S2/c1-3-15(23)22(14-10-11-14)17-20-21-18(26-17)25-12(2)16(24)19-13-8-6-4-5-7-9-13/h12-14H,3-11H2,1-2H3,(H,19,24)/t12-/m0/s1. The van der Waals surface area contributed by atoms with Gasteiger partial charge in [0, 0.05) is 18.5 Å². The maximum atomic E-state index is 12.5. The molecule has 0 radical (unpaired) electrons. The zero-order valence-corrected chi connectivity index (χ0v) is 17.2. The van der Waals surface area contributed by atoms with Crippen LogP contribution in [0.1, 0.15) is 71.6 Å². The van der Waals surface area contributed by atoms with Gasteiger partial charge in [0.25, 0.3) is 0 Å². The Labute approximate surface area is 163 Å². The van der Waals surface area contributed by atoms with Crippen molar-refractivity contribution in [1.29, 1.82) is 0 Å². The molecule has 0 aromatic carbocycles. The van der Waals surface area contributed by atoms with Crippen LogP contribution in [0.3, 0.4) is 0 Å². The number of rotatable bonds is 7. The summed E-state index contributed by atoms with van der Waals surface area (Å²) in [5.74, 6) is 0.168. The Morgan fingerprint density at radius 2 is 1.88 bits per heavy atom. The van der Waals surface area contributed by atoms with E-state index in [9.17, 15) is 9.59 Å². The largest absolute Gasteiger partial charge is 0.352 e. The van der Waals surface area contributed by atoms with Crippen LogP contribution in [-0.2, 0) is 9.59 Å². The first kappa shape index (κ1) is 19.6. The lowest BCUT2D eigenvalue weighted by Crippen LogP contribution is -2.39. The van der Waals surface area contributed by atoms with Gasteiger partial charge in [0.05, 0.1) is 5.25 Å². The maximum absolute atomic E-state index is 12.5. The average Bonchev–Trinajstić information content (AvgIpc) is 3.40. The van der Waals surface area contributed by atoms with Gasteiger partial charge in [-0.25, -0.2) is 0 Å². The van der Waals surface area contributed by atoms with Gasteiger partial charge in [-0.2, -0.15) is 0 Å². The summed E-state index contributed by atoms with van der Waals surface area (Å²) in [6.07, 6.45) is 9.67. The van der Waals surface area contributed by atoms with E-state index < -0.39 is 0 Å². The Bertz CT molecular complexity index is 624. The molecule has 144 valence electrons. The number of amides is 2. The molecule has 8 heteroatoms. The molecule has 0 saturated heterocycles. The number of carbonyl (C=O) groups is 2. The summed E-state index contributed by atoms with van der Waals surface area (Å²) < 4.78 is 0.748. The number of nitrogens with one attached hydrogen (secondary N) is 1. The van der Waals surface area contributed by atoms with Crippen LogP contribution in [0, 0.1) is 0 Å². The van der Waals surface area contributed by atoms with Crippen molar-refractivity contribution in [2.45, 2.75) is 93.3 Å². The molecule has 2 saturated carbocycles. The number of carbonyl (C=O) groups excluding carboxylic acids is 2. The van der Waals surface area contributed by atoms with E-state index in [0.29, 0.717) is 17.6 Å². The lowest BCUT2D eigenvalue weighted by atomic mass is 10.1. The fraction of sp³-hybridized carbons (Fsp3) is 0.778. The van der Waals surface area contributed by atoms with Crippen LogP contribution in [0.2, 0.25) is 0 Å². The van der Waals surface area contributed by atoms with Crippen molar-refractivity contribution in [2.24, 2.45) is 0 Å². The number of hydrogen-bond donors (Lipinski definition) is 1. The summed E-state index contributed by atoms with van der Waals surface area (Å²) in [7, 11) is 0. The molecular formula is C18H28N4O2S2. The third-order valence-electron chi connectivity index (χ3n) is 4.93. The number of thioether (sulfide) groups is 1. The Hall–Kier alpha value is -1.15. The Kier molecular flexibility index (Phi) is 6.92. The summed E-state index contributed by atoms with van der Waals surface area (Å²) in [5, 5.41) is 12.1. The van der Waals surface area contributed by atoms with Crippen molar-refractivity contribution < 1.29 is 9.59 Å². The van der Waals surface area contributed by atoms with E-state index in [4.69, 9.17) is 0 Å². The smallest absolute Gasteiger partial charge is 0.233 e.